The van der Waals surface area contributed by atoms with Crippen molar-refractivity contribution in [1.82, 2.24) is 10.3 Å². The Bertz CT molecular complexity index is 385. The predicted octanol–water partition coefficient (Wildman–Crippen LogP) is 4.00. The van der Waals surface area contributed by atoms with Crippen LogP contribution in [0.3, 0.4) is 0 Å². The fourth-order valence-electron chi connectivity index (χ4n) is 2.13. The zero-order valence-electron chi connectivity index (χ0n) is 10.3. The van der Waals surface area contributed by atoms with Crippen LogP contribution in [0, 0.1) is 5.92 Å². The molecule has 1 unspecified atom stereocenters. The van der Waals surface area contributed by atoms with Crippen molar-refractivity contribution < 1.29 is 13.2 Å². The van der Waals surface area contributed by atoms with E-state index in [4.69, 9.17) is 0 Å². The molecule has 0 aliphatic heterocycles. The van der Waals surface area contributed by atoms with Crippen molar-refractivity contribution in [3.63, 3.8) is 0 Å². The highest BCUT2D eigenvalue weighted by Gasteiger charge is 2.37. The van der Waals surface area contributed by atoms with Crippen LogP contribution in [0.1, 0.15) is 48.5 Å². The van der Waals surface area contributed by atoms with Crippen molar-refractivity contribution in [3.8, 4) is 0 Å². The molecule has 1 atom stereocenters. The normalized spacial score (nSPS) is 18.7. The molecule has 1 aromatic rings. The van der Waals surface area contributed by atoms with Crippen LogP contribution in [0.4, 0.5) is 13.2 Å². The number of rotatable bonds is 5. The van der Waals surface area contributed by atoms with Crippen molar-refractivity contribution in [1.29, 1.82) is 0 Å². The molecule has 1 saturated carbocycles. The van der Waals surface area contributed by atoms with E-state index in [9.17, 15) is 13.2 Å². The van der Waals surface area contributed by atoms with Gasteiger partial charge in [-0.1, -0.05) is 13.3 Å². The van der Waals surface area contributed by atoms with E-state index in [1.165, 1.54) is 12.6 Å². The summed E-state index contributed by atoms with van der Waals surface area (Å²) in [5, 5.41) is 2.62. The molecule has 1 heterocycles. The van der Waals surface area contributed by atoms with Crippen molar-refractivity contribution in [2.75, 3.05) is 6.54 Å². The van der Waals surface area contributed by atoms with E-state index in [0.717, 1.165) is 42.0 Å². The molecule has 1 aliphatic carbocycles. The number of nitrogens with zero attached hydrogens (tertiary/aromatic N) is 1. The Kier molecular flexibility index (Phi) is 4.27. The second-order valence-electron chi connectivity index (χ2n) is 4.69. The summed E-state index contributed by atoms with van der Waals surface area (Å²) in [4.78, 5) is 4.23. The molecule has 0 bridgehead atoms. The van der Waals surface area contributed by atoms with Crippen LogP contribution < -0.4 is 5.32 Å². The van der Waals surface area contributed by atoms with Crippen LogP contribution >= 0.6 is 11.3 Å². The lowest BCUT2D eigenvalue weighted by atomic mass is 9.79. The van der Waals surface area contributed by atoms with Gasteiger partial charge in [0, 0.05) is 17.1 Å². The Hall–Kier alpha value is -0.620. The Morgan fingerprint density at radius 1 is 1.50 bits per heavy atom. The highest BCUT2D eigenvalue weighted by Crippen LogP contribution is 2.41. The van der Waals surface area contributed by atoms with Crippen molar-refractivity contribution >= 4 is 11.3 Å². The molecule has 18 heavy (non-hydrogen) atoms. The minimum atomic E-state index is -4.32. The highest BCUT2D eigenvalue weighted by atomic mass is 32.1. The fourth-order valence-corrected chi connectivity index (χ4v) is 3.09. The van der Waals surface area contributed by atoms with E-state index in [0.29, 0.717) is 5.92 Å². The van der Waals surface area contributed by atoms with Gasteiger partial charge in [-0.25, -0.2) is 4.98 Å². The van der Waals surface area contributed by atoms with Crippen molar-refractivity contribution in [2.24, 2.45) is 5.92 Å². The maximum Gasteiger partial charge on any atom is 0.443 e. The van der Waals surface area contributed by atoms with Gasteiger partial charge in [-0.05, 0) is 31.7 Å². The second kappa shape index (κ2) is 5.57. The van der Waals surface area contributed by atoms with Gasteiger partial charge < -0.3 is 5.32 Å². The third-order valence-corrected chi connectivity index (χ3v) is 4.43. The number of alkyl halides is 3. The Labute approximate surface area is 109 Å². The molecule has 6 heteroatoms. The lowest BCUT2D eigenvalue weighted by Gasteiger charge is -2.33. The number of thiazole rings is 1. The van der Waals surface area contributed by atoms with Crippen LogP contribution in [-0.2, 0) is 6.18 Å². The monoisotopic (exact) mass is 278 g/mol. The highest BCUT2D eigenvalue weighted by molar-refractivity contribution is 7.11. The molecule has 0 aromatic carbocycles. The fraction of sp³-hybridized carbons (Fsp3) is 0.750. The molecule has 102 valence electrons. The summed E-state index contributed by atoms with van der Waals surface area (Å²) in [6, 6.07) is 0.0484. The molecule has 1 aliphatic rings. The molecule has 1 fully saturated rings. The van der Waals surface area contributed by atoms with E-state index in [1.54, 1.807) is 0 Å². The zero-order valence-corrected chi connectivity index (χ0v) is 11.1. The zero-order chi connectivity index (χ0) is 13.2. The minimum Gasteiger partial charge on any atom is -0.309 e. The molecule has 0 amide bonds. The third kappa shape index (κ3) is 3.03. The molecule has 2 nitrogen and oxygen atoms in total. The molecule has 0 radical (unpaired) electrons. The summed E-state index contributed by atoms with van der Waals surface area (Å²) in [6.07, 6.45) is 1.42. The summed E-state index contributed by atoms with van der Waals surface area (Å²) >= 11 is 0.777. The Morgan fingerprint density at radius 2 is 2.22 bits per heavy atom. The van der Waals surface area contributed by atoms with E-state index < -0.39 is 11.2 Å². The maximum absolute atomic E-state index is 12.5. The minimum absolute atomic E-state index is 0.0484. The average Bonchev–Trinajstić information content (AvgIpc) is 2.69. The quantitative estimate of drug-likeness (QED) is 0.880. The first-order valence-corrected chi connectivity index (χ1v) is 7.10. The van der Waals surface area contributed by atoms with Crippen LogP contribution in [0.15, 0.2) is 6.20 Å². The maximum atomic E-state index is 12.5. The second-order valence-corrected chi connectivity index (χ2v) is 5.75. The number of halogens is 3. The summed E-state index contributed by atoms with van der Waals surface area (Å²) in [6.45, 7) is 2.89. The number of nitrogens with one attached hydrogen (secondary N) is 1. The lowest BCUT2D eigenvalue weighted by Crippen LogP contribution is -2.32. The first kappa shape index (κ1) is 13.8. The summed E-state index contributed by atoms with van der Waals surface area (Å²) in [7, 11) is 0. The SMILES string of the molecule is CCCNC(c1cnc(C(F)(F)F)s1)C1CCC1. The van der Waals surface area contributed by atoms with Gasteiger partial charge in [0.1, 0.15) is 0 Å². The Morgan fingerprint density at radius 3 is 2.67 bits per heavy atom. The van der Waals surface area contributed by atoms with Gasteiger partial charge in [-0.3, -0.25) is 0 Å². The first-order chi connectivity index (χ1) is 8.52. The average molecular weight is 278 g/mol. The lowest BCUT2D eigenvalue weighted by molar-refractivity contribution is -0.137. The van der Waals surface area contributed by atoms with Crippen LogP contribution in [0.5, 0.6) is 0 Å². The van der Waals surface area contributed by atoms with E-state index >= 15 is 0 Å². The van der Waals surface area contributed by atoms with Gasteiger partial charge in [0.2, 0.25) is 0 Å². The molecule has 0 saturated heterocycles. The largest absolute Gasteiger partial charge is 0.443 e. The number of hydrogen-bond donors (Lipinski definition) is 1. The van der Waals surface area contributed by atoms with Crippen LogP contribution in [0.25, 0.3) is 0 Å². The molecule has 1 aromatic heterocycles. The van der Waals surface area contributed by atoms with Gasteiger partial charge in [0.25, 0.3) is 0 Å². The molecule has 0 spiro atoms. The van der Waals surface area contributed by atoms with Gasteiger partial charge >= 0.3 is 6.18 Å². The summed E-state index contributed by atoms with van der Waals surface area (Å²) in [5.41, 5.74) is 0. The van der Waals surface area contributed by atoms with Crippen LogP contribution in [-0.4, -0.2) is 11.5 Å². The molecule has 1 N–H and O–H groups in total. The molecule has 2 rings (SSSR count). The van der Waals surface area contributed by atoms with E-state index in [1.807, 2.05) is 0 Å². The van der Waals surface area contributed by atoms with Gasteiger partial charge in [0.15, 0.2) is 5.01 Å². The van der Waals surface area contributed by atoms with Gasteiger partial charge in [-0.2, -0.15) is 13.2 Å². The molecular formula is C12H17F3N2S. The standard InChI is InChI=1S/C12H17F3N2S/c1-2-6-16-10(8-4-3-5-8)9-7-17-11(18-9)12(13,14)15/h7-8,10,16H,2-6H2,1H3. The number of hydrogen-bond acceptors (Lipinski definition) is 3. The molecular weight excluding hydrogens is 261 g/mol. The Balaban J connectivity index is 2.11. The van der Waals surface area contributed by atoms with Crippen molar-refractivity contribution in [2.45, 2.75) is 44.8 Å². The van der Waals surface area contributed by atoms with Crippen molar-refractivity contribution in [3.05, 3.63) is 16.1 Å². The summed E-state index contributed by atoms with van der Waals surface area (Å²) < 4.78 is 37.6. The van der Waals surface area contributed by atoms with Crippen LogP contribution in [0.2, 0.25) is 0 Å². The van der Waals surface area contributed by atoms with E-state index in [-0.39, 0.29) is 6.04 Å². The van der Waals surface area contributed by atoms with Gasteiger partial charge in [0.05, 0.1) is 0 Å². The summed E-state index contributed by atoms with van der Waals surface area (Å²) in [5.74, 6) is 0.470. The topological polar surface area (TPSA) is 24.9 Å². The predicted molar refractivity (Wildman–Crippen MR) is 65.5 cm³/mol. The van der Waals surface area contributed by atoms with E-state index in [2.05, 4.69) is 17.2 Å². The number of aromatic nitrogens is 1. The van der Waals surface area contributed by atoms with Gasteiger partial charge in [-0.15, -0.1) is 11.3 Å². The first-order valence-electron chi connectivity index (χ1n) is 6.28. The smallest absolute Gasteiger partial charge is 0.309 e. The third-order valence-electron chi connectivity index (χ3n) is 3.31.